The number of aliphatic carboxylic acids is 1. The van der Waals surface area contributed by atoms with Crippen molar-refractivity contribution in [2.75, 3.05) is 11.9 Å². The zero-order valence-electron chi connectivity index (χ0n) is 10.5. The number of carbonyl (C=O) groups is 2. The van der Waals surface area contributed by atoms with Gasteiger partial charge in [-0.25, -0.2) is 9.59 Å². The molecule has 1 unspecified atom stereocenters. The lowest BCUT2D eigenvalue weighted by Gasteiger charge is -2.18. The third kappa shape index (κ3) is 4.53. The number of carboxylic acids is 1. The standard InChI is InChI=1S/C12H15BrN2O4/c1-7-3-4-8(13)9(5-7)15-11(18)14-6-12(2,19)10(16)17/h3-5,19H,6H2,1-2H3,(H,16,17)(H2,14,15,18). The number of amides is 2. The molecule has 0 heterocycles. The second-order valence-electron chi connectivity index (χ2n) is 4.37. The number of rotatable bonds is 4. The lowest BCUT2D eigenvalue weighted by molar-refractivity contribution is -0.155. The first-order valence-corrected chi connectivity index (χ1v) is 6.28. The highest BCUT2D eigenvalue weighted by molar-refractivity contribution is 9.10. The highest BCUT2D eigenvalue weighted by atomic mass is 79.9. The number of aliphatic hydroxyl groups is 1. The summed E-state index contributed by atoms with van der Waals surface area (Å²) in [4.78, 5) is 22.3. The minimum atomic E-state index is -2.00. The quantitative estimate of drug-likeness (QED) is 0.675. The fourth-order valence-electron chi connectivity index (χ4n) is 1.23. The fourth-order valence-corrected chi connectivity index (χ4v) is 1.58. The first-order valence-electron chi connectivity index (χ1n) is 5.49. The smallest absolute Gasteiger partial charge is 0.337 e. The van der Waals surface area contributed by atoms with E-state index < -0.39 is 24.1 Å². The zero-order valence-corrected chi connectivity index (χ0v) is 12.1. The monoisotopic (exact) mass is 330 g/mol. The Bertz CT molecular complexity index is 503. The number of aryl methyl sites for hydroxylation is 1. The molecule has 0 aliphatic heterocycles. The molecule has 1 aromatic rings. The summed E-state index contributed by atoms with van der Waals surface area (Å²) in [6, 6.07) is 4.84. The Morgan fingerprint density at radius 3 is 2.63 bits per heavy atom. The molecule has 0 aromatic heterocycles. The van der Waals surface area contributed by atoms with Crippen molar-refractivity contribution in [3.05, 3.63) is 28.2 Å². The van der Waals surface area contributed by atoms with Crippen molar-refractivity contribution in [2.24, 2.45) is 0 Å². The van der Waals surface area contributed by atoms with Crippen LogP contribution in [0.2, 0.25) is 0 Å². The Hall–Kier alpha value is -1.60. The maximum absolute atomic E-state index is 11.6. The largest absolute Gasteiger partial charge is 0.479 e. The SMILES string of the molecule is Cc1ccc(Br)c(NC(=O)NCC(C)(O)C(=O)O)c1. The molecular formula is C12H15BrN2O4. The fraction of sp³-hybridized carbons (Fsp3) is 0.333. The average Bonchev–Trinajstić information content (AvgIpc) is 2.31. The van der Waals surface area contributed by atoms with E-state index in [9.17, 15) is 14.7 Å². The normalized spacial score (nSPS) is 13.5. The molecule has 0 aliphatic rings. The van der Waals surface area contributed by atoms with Gasteiger partial charge in [0.25, 0.3) is 0 Å². The molecule has 1 atom stereocenters. The van der Waals surface area contributed by atoms with Crippen LogP contribution >= 0.6 is 15.9 Å². The van der Waals surface area contributed by atoms with Gasteiger partial charge in [0.15, 0.2) is 5.60 Å². The van der Waals surface area contributed by atoms with Gasteiger partial charge in [-0.15, -0.1) is 0 Å². The molecule has 0 aliphatic carbocycles. The molecule has 2 amide bonds. The molecule has 0 fully saturated rings. The minimum absolute atomic E-state index is 0.391. The van der Waals surface area contributed by atoms with E-state index in [4.69, 9.17) is 5.11 Å². The topological polar surface area (TPSA) is 98.7 Å². The summed E-state index contributed by atoms with van der Waals surface area (Å²) in [5, 5.41) is 23.0. The lowest BCUT2D eigenvalue weighted by Crippen LogP contribution is -2.47. The van der Waals surface area contributed by atoms with E-state index in [-0.39, 0.29) is 0 Å². The number of nitrogens with one attached hydrogen (secondary N) is 2. The van der Waals surface area contributed by atoms with Crippen LogP contribution in [0.1, 0.15) is 12.5 Å². The van der Waals surface area contributed by atoms with Gasteiger partial charge in [-0.05, 0) is 47.5 Å². The Balaban J connectivity index is 2.61. The number of anilines is 1. The second kappa shape index (κ2) is 6.03. The third-order valence-electron chi connectivity index (χ3n) is 2.42. The molecule has 1 aromatic carbocycles. The van der Waals surface area contributed by atoms with Crippen molar-refractivity contribution < 1.29 is 19.8 Å². The Kier molecular flexibility index (Phi) is 4.90. The number of halogens is 1. The predicted octanol–water partition coefficient (Wildman–Crippen LogP) is 1.71. The van der Waals surface area contributed by atoms with Gasteiger partial charge < -0.3 is 20.8 Å². The van der Waals surface area contributed by atoms with Crippen LogP contribution in [0.15, 0.2) is 22.7 Å². The molecule has 0 saturated carbocycles. The molecule has 7 heteroatoms. The number of hydrogen-bond acceptors (Lipinski definition) is 3. The molecule has 19 heavy (non-hydrogen) atoms. The summed E-state index contributed by atoms with van der Waals surface area (Å²) in [6.07, 6.45) is 0. The van der Waals surface area contributed by atoms with Crippen molar-refractivity contribution in [3.8, 4) is 0 Å². The predicted molar refractivity (Wildman–Crippen MR) is 74.2 cm³/mol. The zero-order chi connectivity index (χ0) is 14.6. The van der Waals surface area contributed by atoms with Gasteiger partial charge in [-0.2, -0.15) is 0 Å². The van der Waals surface area contributed by atoms with Gasteiger partial charge in [0.2, 0.25) is 0 Å². The third-order valence-corrected chi connectivity index (χ3v) is 3.12. The van der Waals surface area contributed by atoms with E-state index in [1.807, 2.05) is 13.0 Å². The first kappa shape index (κ1) is 15.5. The van der Waals surface area contributed by atoms with Crippen LogP contribution in [-0.4, -0.2) is 34.4 Å². The summed E-state index contributed by atoms with van der Waals surface area (Å²) >= 11 is 3.29. The van der Waals surface area contributed by atoms with E-state index >= 15 is 0 Å². The van der Waals surface area contributed by atoms with Crippen LogP contribution in [0, 0.1) is 6.92 Å². The number of benzene rings is 1. The number of hydrogen-bond donors (Lipinski definition) is 4. The van der Waals surface area contributed by atoms with E-state index in [2.05, 4.69) is 26.6 Å². The summed E-state index contributed by atoms with van der Waals surface area (Å²) in [6.45, 7) is 2.60. The Morgan fingerprint density at radius 2 is 2.05 bits per heavy atom. The highest BCUT2D eigenvalue weighted by Gasteiger charge is 2.30. The van der Waals surface area contributed by atoms with Crippen molar-refractivity contribution >= 4 is 33.6 Å². The van der Waals surface area contributed by atoms with Crippen molar-refractivity contribution in [1.82, 2.24) is 5.32 Å². The Morgan fingerprint density at radius 1 is 1.42 bits per heavy atom. The number of urea groups is 1. The summed E-state index contributed by atoms with van der Waals surface area (Å²) in [7, 11) is 0. The molecule has 1 rings (SSSR count). The Labute approximate surface area is 118 Å². The van der Waals surface area contributed by atoms with E-state index in [0.717, 1.165) is 12.5 Å². The lowest BCUT2D eigenvalue weighted by atomic mass is 10.1. The molecule has 4 N–H and O–H groups in total. The van der Waals surface area contributed by atoms with Gasteiger partial charge in [0.1, 0.15) is 0 Å². The van der Waals surface area contributed by atoms with Gasteiger partial charge in [-0.1, -0.05) is 6.07 Å². The molecule has 0 radical (unpaired) electrons. The van der Waals surface area contributed by atoms with Crippen molar-refractivity contribution in [1.29, 1.82) is 0 Å². The summed E-state index contributed by atoms with van der Waals surface area (Å²) in [5.41, 5.74) is -0.468. The van der Waals surface area contributed by atoms with Crippen LogP contribution in [0.25, 0.3) is 0 Å². The molecule has 0 saturated heterocycles. The summed E-state index contributed by atoms with van der Waals surface area (Å²) in [5.74, 6) is -1.40. The molecule has 0 spiro atoms. The van der Waals surface area contributed by atoms with Crippen LogP contribution in [0.3, 0.4) is 0 Å². The summed E-state index contributed by atoms with van der Waals surface area (Å²) < 4.78 is 0.707. The van der Waals surface area contributed by atoms with Crippen LogP contribution in [0.5, 0.6) is 0 Å². The van der Waals surface area contributed by atoms with E-state index in [0.29, 0.717) is 10.2 Å². The molecule has 6 nitrogen and oxygen atoms in total. The van der Waals surface area contributed by atoms with Gasteiger partial charge in [0, 0.05) is 4.47 Å². The second-order valence-corrected chi connectivity index (χ2v) is 5.22. The van der Waals surface area contributed by atoms with Crippen LogP contribution in [0.4, 0.5) is 10.5 Å². The van der Waals surface area contributed by atoms with Crippen molar-refractivity contribution in [3.63, 3.8) is 0 Å². The highest BCUT2D eigenvalue weighted by Crippen LogP contribution is 2.23. The molecular weight excluding hydrogens is 316 g/mol. The number of carboxylic acid groups (broad SMARTS) is 1. The molecule has 104 valence electrons. The van der Waals surface area contributed by atoms with Gasteiger partial charge >= 0.3 is 12.0 Å². The van der Waals surface area contributed by atoms with E-state index in [1.54, 1.807) is 12.1 Å². The van der Waals surface area contributed by atoms with Crippen LogP contribution in [-0.2, 0) is 4.79 Å². The molecule has 0 bridgehead atoms. The minimum Gasteiger partial charge on any atom is -0.479 e. The van der Waals surface area contributed by atoms with E-state index in [1.165, 1.54) is 0 Å². The maximum atomic E-state index is 11.6. The van der Waals surface area contributed by atoms with Crippen molar-refractivity contribution in [2.45, 2.75) is 19.4 Å². The van der Waals surface area contributed by atoms with Crippen LogP contribution < -0.4 is 10.6 Å². The maximum Gasteiger partial charge on any atom is 0.337 e. The average molecular weight is 331 g/mol. The number of carbonyl (C=O) groups excluding carboxylic acids is 1. The first-order chi connectivity index (χ1) is 8.72. The van der Waals surface area contributed by atoms with Gasteiger partial charge in [0.05, 0.1) is 12.2 Å². The van der Waals surface area contributed by atoms with Gasteiger partial charge in [-0.3, -0.25) is 0 Å².